The maximum Gasteiger partial charge on any atom is 0.335 e. The van der Waals surface area contributed by atoms with Crippen LogP contribution in [0.5, 0.6) is 0 Å². The van der Waals surface area contributed by atoms with Crippen molar-refractivity contribution in [3.8, 4) is 0 Å². The van der Waals surface area contributed by atoms with E-state index >= 15 is 0 Å². The lowest BCUT2D eigenvalue weighted by Gasteiger charge is -2.25. The van der Waals surface area contributed by atoms with Crippen molar-refractivity contribution in [3.63, 3.8) is 0 Å². The van der Waals surface area contributed by atoms with E-state index in [2.05, 4.69) is 9.88 Å². The van der Waals surface area contributed by atoms with Gasteiger partial charge in [-0.2, -0.15) is 0 Å². The summed E-state index contributed by atoms with van der Waals surface area (Å²) < 4.78 is 5.44. The molecule has 0 atom stereocenters. The molecule has 0 bridgehead atoms. The zero-order chi connectivity index (χ0) is 14.8. The third kappa shape index (κ3) is 3.48. The third-order valence-electron chi connectivity index (χ3n) is 3.37. The molecule has 1 fully saturated rings. The minimum absolute atomic E-state index is 0.178. The average Bonchev–Trinajstić information content (AvgIpc) is 2.66. The number of aromatic carboxylic acids is 1. The standard InChI is InChI=1S/C15H22N2O3/c1-15(2,3)12-9-11(14(18)19)10-13(16-12)17-5-4-7-20-8-6-17/h9-10H,4-8H2,1-3H3,(H,18,19). The van der Waals surface area contributed by atoms with Gasteiger partial charge in [-0.05, 0) is 18.6 Å². The van der Waals surface area contributed by atoms with Gasteiger partial charge in [-0.1, -0.05) is 20.8 Å². The predicted molar refractivity (Wildman–Crippen MR) is 77.5 cm³/mol. The Kier molecular flexibility index (Phi) is 4.28. The van der Waals surface area contributed by atoms with Crippen molar-refractivity contribution >= 4 is 11.8 Å². The minimum Gasteiger partial charge on any atom is -0.478 e. The van der Waals surface area contributed by atoms with Crippen LogP contribution in [0.25, 0.3) is 0 Å². The van der Waals surface area contributed by atoms with Gasteiger partial charge in [0.05, 0.1) is 12.2 Å². The van der Waals surface area contributed by atoms with E-state index in [-0.39, 0.29) is 5.41 Å². The Morgan fingerprint density at radius 1 is 1.30 bits per heavy atom. The van der Waals surface area contributed by atoms with Crippen LogP contribution >= 0.6 is 0 Å². The fraction of sp³-hybridized carbons (Fsp3) is 0.600. The van der Waals surface area contributed by atoms with Crippen LogP contribution in [-0.2, 0) is 10.2 Å². The molecular formula is C15H22N2O3. The lowest BCUT2D eigenvalue weighted by Crippen LogP contribution is -2.28. The van der Waals surface area contributed by atoms with E-state index in [0.717, 1.165) is 37.6 Å². The lowest BCUT2D eigenvalue weighted by atomic mass is 9.90. The Morgan fingerprint density at radius 3 is 2.70 bits per heavy atom. The zero-order valence-electron chi connectivity index (χ0n) is 12.3. The quantitative estimate of drug-likeness (QED) is 0.899. The normalized spacial score (nSPS) is 16.9. The number of nitrogens with zero attached hydrogens (tertiary/aromatic N) is 2. The van der Waals surface area contributed by atoms with E-state index in [1.165, 1.54) is 0 Å². The van der Waals surface area contributed by atoms with Gasteiger partial charge in [0.2, 0.25) is 0 Å². The molecule has 0 aliphatic carbocycles. The number of ether oxygens (including phenoxy) is 1. The summed E-state index contributed by atoms with van der Waals surface area (Å²) in [5, 5.41) is 9.28. The molecule has 5 heteroatoms. The van der Waals surface area contributed by atoms with Crippen molar-refractivity contribution < 1.29 is 14.6 Å². The molecule has 2 heterocycles. The van der Waals surface area contributed by atoms with Gasteiger partial charge in [-0.3, -0.25) is 0 Å². The van der Waals surface area contributed by atoms with E-state index in [9.17, 15) is 9.90 Å². The largest absolute Gasteiger partial charge is 0.478 e. The lowest BCUT2D eigenvalue weighted by molar-refractivity contribution is 0.0696. The Balaban J connectivity index is 2.40. The van der Waals surface area contributed by atoms with Gasteiger partial charge in [0.1, 0.15) is 5.82 Å². The minimum atomic E-state index is -0.912. The molecule has 1 aliphatic rings. The second kappa shape index (κ2) is 5.79. The number of carbonyl (C=O) groups is 1. The Labute approximate surface area is 119 Å². The predicted octanol–water partition coefficient (Wildman–Crippen LogP) is 2.30. The maximum atomic E-state index is 11.3. The van der Waals surface area contributed by atoms with Gasteiger partial charge in [0.25, 0.3) is 0 Å². The first kappa shape index (κ1) is 14.8. The number of pyridine rings is 1. The zero-order valence-corrected chi connectivity index (χ0v) is 12.3. The van der Waals surface area contributed by atoms with Crippen molar-refractivity contribution in [2.75, 3.05) is 31.2 Å². The number of rotatable bonds is 2. The van der Waals surface area contributed by atoms with Crippen LogP contribution in [0.3, 0.4) is 0 Å². The number of carboxylic acid groups (broad SMARTS) is 1. The molecule has 1 N–H and O–H groups in total. The van der Waals surface area contributed by atoms with Crippen LogP contribution in [0.2, 0.25) is 0 Å². The first-order valence-electron chi connectivity index (χ1n) is 6.96. The molecule has 0 unspecified atom stereocenters. The molecule has 0 spiro atoms. The van der Waals surface area contributed by atoms with Gasteiger partial charge < -0.3 is 14.7 Å². The van der Waals surface area contributed by atoms with Crippen molar-refractivity contribution in [3.05, 3.63) is 23.4 Å². The van der Waals surface area contributed by atoms with Crippen molar-refractivity contribution in [1.82, 2.24) is 4.98 Å². The summed E-state index contributed by atoms with van der Waals surface area (Å²) in [5.41, 5.74) is 0.922. The molecule has 1 aliphatic heterocycles. The first-order valence-corrected chi connectivity index (χ1v) is 6.96. The molecule has 110 valence electrons. The molecule has 0 radical (unpaired) electrons. The van der Waals surface area contributed by atoms with Crippen LogP contribution in [0.1, 0.15) is 43.2 Å². The summed E-state index contributed by atoms with van der Waals surface area (Å²) in [7, 11) is 0. The molecular weight excluding hydrogens is 256 g/mol. The van der Waals surface area contributed by atoms with Crippen LogP contribution in [-0.4, -0.2) is 42.4 Å². The highest BCUT2D eigenvalue weighted by atomic mass is 16.5. The third-order valence-corrected chi connectivity index (χ3v) is 3.37. The first-order chi connectivity index (χ1) is 9.38. The summed E-state index contributed by atoms with van der Waals surface area (Å²) in [4.78, 5) is 18.1. The summed E-state index contributed by atoms with van der Waals surface area (Å²) in [6.45, 7) is 9.12. The molecule has 5 nitrogen and oxygen atoms in total. The molecule has 1 aromatic heterocycles. The van der Waals surface area contributed by atoms with E-state index in [1.54, 1.807) is 12.1 Å². The highest BCUT2D eigenvalue weighted by Crippen LogP contribution is 2.25. The second-order valence-electron chi connectivity index (χ2n) is 6.11. The Hall–Kier alpha value is -1.62. The van der Waals surface area contributed by atoms with E-state index < -0.39 is 5.97 Å². The number of hydrogen-bond donors (Lipinski definition) is 1. The van der Waals surface area contributed by atoms with Gasteiger partial charge in [-0.15, -0.1) is 0 Å². The summed E-state index contributed by atoms with van der Waals surface area (Å²) in [6, 6.07) is 3.32. The summed E-state index contributed by atoms with van der Waals surface area (Å²) in [6.07, 6.45) is 0.934. The molecule has 20 heavy (non-hydrogen) atoms. The summed E-state index contributed by atoms with van der Waals surface area (Å²) >= 11 is 0. The molecule has 0 amide bonds. The van der Waals surface area contributed by atoms with E-state index in [0.29, 0.717) is 12.2 Å². The Bertz CT molecular complexity index is 486. The van der Waals surface area contributed by atoms with Gasteiger partial charge in [-0.25, -0.2) is 9.78 Å². The molecule has 0 aromatic carbocycles. The number of aromatic nitrogens is 1. The molecule has 0 saturated carbocycles. The van der Waals surface area contributed by atoms with Crippen LogP contribution in [0.15, 0.2) is 12.1 Å². The van der Waals surface area contributed by atoms with Crippen molar-refractivity contribution in [2.24, 2.45) is 0 Å². The van der Waals surface area contributed by atoms with E-state index in [4.69, 9.17) is 4.74 Å². The van der Waals surface area contributed by atoms with Gasteiger partial charge >= 0.3 is 5.97 Å². The van der Waals surface area contributed by atoms with Crippen molar-refractivity contribution in [1.29, 1.82) is 0 Å². The highest BCUT2D eigenvalue weighted by molar-refractivity contribution is 5.88. The number of anilines is 1. The molecule has 1 aromatic rings. The fourth-order valence-electron chi connectivity index (χ4n) is 2.16. The highest BCUT2D eigenvalue weighted by Gasteiger charge is 2.21. The Morgan fingerprint density at radius 2 is 2.05 bits per heavy atom. The second-order valence-corrected chi connectivity index (χ2v) is 6.11. The molecule has 1 saturated heterocycles. The maximum absolute atomic E-state index is 11.3. The summed E-state index contributed by atoms with van der Waals surface area (Å²) in [5.74, 6) is -0.175. The van der Waals surface area contributed by atoms with Crippen LogP contribution in [0.4, 0.5) is 5.82 Å². The number of hydrogen-bond acceptors (Lipinski definition) is 4. The average molecular weight is 278 g/mol. The van der Waals surface area contributed by atoms with Crippen molar-refractivity contribution in [2.45, 2.75) is 32.6 Å². The topological polar surface area (TPSA) is 62.7 Å². The SMILES string of the molecule is CC(C)(C)c1cc(C(=O)O)cc(N2CCCOCC2)n1. The van der Waals surface area contributed by atoms with E-state index in [1.807, 2.05) is 20.8 Å². The monoisotopic (exact) mass is 278 g/mol. The number of carboxylic acids is 1. The smallest absolute Gasteiger partial charge is 0.335 e. The van der Waals surface area contributed by atoms with Crippen LogP contribution in [0, 0.1) is 0 Å². The fourth-order valence-corrected chi connectivity index (χ4v) is 2.16. The van der Waals surface area contributed by atoms with Gasteiger partial charge in [0, 0.05) is 30.8 Å². The van der Waals surface area contributed by atoms with Gasteiger partial charge in [0.15, 0.2) is 0 Å². The van der Waals surface area contributed by atoms with Crippen LogP contribution < -0.4 is 4.90 Å². The molecule has 2 rings (SSSR count).